The predicted molar refractivity (Wildman–Crippen MR) is 110 cm³/mol. The molecule has 29 heavy (non-hydrogen) atoms. The Bertz CT molecular complexity index is 1060. The summed E-state index contributed by atoms with van der Waals surface area (Å²) in [5.74, 6) is -0.131. The minimum atomic E-state index is -0.394. The van der Waals surface area contributed by atoms with E-state index in [1.54, 1.807) is 20.0 Å². The predicted octanol–water partition coefficient (Wildman–Crippen LogP) is 3.10. The normalized spacial score (nSPS) is 11.5. The van der Waals surface area contributed by atoms with Gasteiger partial charge in [0.25, 0.3) is 5.56 Å². The molecule has 1 atom stereocenters. The van der Waals surface area contributed by atoms with Crippen LogP contribution in [-0.2, 0) is 11.2 Å². The summed E-state index contributed by atoms with van der Waals surface area (Å²) in [7, 11) is 0. The first-order chi connectivity index (χ1) is 14.0. The molecule has 1 unspecified atom stereocenters. The number of hydrogen-bond donors (Lipinski definition) is 2. The van der Waals surface area contributed by atoms with Crippen LogP contribution < -0.4 is 10.9 Å². The Labute approximate surface area is 169 Å². The van der Waals surface area contributed by atoms with Gasteiger partial charge in [-0.25, -0.2) is 0 Å². The van der Waals surface area contributed by atoms with E-state index in [1.165, 1.54) is 0 Å². The maximum atomic E-state index is 12.7. The lowest BCUT2D eigenvalue weighted by Gasteiger charge is -2.19. The quantitative estimate of drug-likeness (QED) is 0.680. The zero-order valence-corrected chi connectivity index (χ0v) is 16.4. The molecule has 146 valence electrons. The maximum Gasteiger partial charge on any atom is 0.266 e. The SMILES string of the molecule is Cc1[nH]c(=O)c(C#N)c(C)c1CCC(=O)NC(c1ccccc1)c1ccccn1. The van der Waals surface area contributed by atoms with E-state index < -0.39 is 5.56 Å². The van der Waals surface area contributed by atoms with Crippen molar-refractivity contribution < 1.29 is 4.79 Å². The van der Waals surface area contributed by atoms with Gasteiger partial charge in [-0.05, 0) is 49.1 Å². The van der Waals surface area contributed by atoms with Crippen molar-refractivity contribution in [2.45, 2.75) is 32.7 Å². The second kappa shape index (κ2) is 8.98. The van der Waals surface area contributed by atoms with Gasteiger partial charge in [-0.15, -0.1) is 0 Å². The van der Waals surface area contributed by atoms with Crippen molar-refractivity contribution in [1.29, 1.82) is 5.26 Å². The van der Waals surface area contributed by atoms with Gasteiger partial charge in [0, 0.05) is 18.3 Å². The standard InChI is InChI=1S/C23H22N4O2/c1-15-18(16(2)26-23(29)19(15)14-24)11-12-21(28)27-22(17-8-4-3-5-9-17)20-10-6-7-13-25-20/h3-10,13,22H,11-12H2,1-2H3,(H,26,29)(H,27,28). The van der Waals surface area contributed by atoms with Crippen molar-refractivity contribution in [3.63, 3.8) is 0 Å². The number of rotatable bonds is 6. The molecule has 2 heterocycles. The zero-order chi connectivity index (χ0) is 20.8. The van der Waals surface area contributed by atoms with Gasteiger partial charge >= 0.3 is 0 Å². The molecule has 0 aliphatic rings. The number of H-pyrrole nitrogens is 1. The van der Waals surface area contributed by atoms with Gasteiger partial charge in [0.05, 0.1) is 11.7 Å². The fourth-order valence-corrected chi connectivity index (χ4v) is 3.41. The van der Waals surface area contributed by atoms with Crippen LogP contribution in [0.2, 0.25) is 0 Å². The number of carbonyl (C=O) groups is 1. The first-order valence-electron chi connectivity index (χ1n) is 9.39. The van der Waals surface area contributed by atoms with Crippen molar-refractivity contribution in [2.24, 2.45) is 0 Å². The van der Waals surface area contributed by atoms with Crippen LogP contribution in [0.15, 0.2) is 59.5 Å². The van der Waals surface area contributed by atoms with Crippen LogP contribution in [0.5, 0.6) is 0 Å². The van der Waals surface area contributed by atoms with E-state index in [0.717, 1.165) is 16.8 Å². The van der Waals surface area contributed by atoms with Crippen molar-refractivity contribution in [3.8, 4) is 6.07 Å². The molecule has 0 saturated heterocycles. The average Bonchev–Trinajstić information content (AvgIpc) is 2.73. The Hall–Kier alpha value is -3.72. The van der Waals surface area contributed by atoms with E-state index in [1.807, 2.05) is 54.6 Å². The highest BCUT2D eigenvalue weighted by Gasteiger charge is 2.19. The molecule has 2 N–H and O–H groups in total. The van der Waals surface area contributed by atoms with E-state index in [0.29, 0.717) is 17.7 Å². The summed E-state index contributed by atoms with van der Waals surface area (Å²) in [6, 6.07) is 16.9. The number of hydrogen-bond acceptors (Lipinski definition) is 4. The maximum absolute atomic E-state index is 12.7. The number of pyridine rings is 2. The number of nitrogens with one attached hydrogen (secondary N) is 2. The number of benzene rings is 1. The molecule has 3 aromatic rings. The van der Waals surface area contributed by atoms with E-state index in [-0.39, 0.29) is 23.9 Å². The third kappa shape index (κ3) is 4.58. The smallest absolute Gasteiger partial charge is 0.266 e. The lowest BCUT2D eigenvalue weighted by atomic mass is 9.98. The molecule has 0 aliphatic heterocycles. The lowest BCUT2D eigenvalue weighted by molar-refractivity contribution is -0.121. The highest BCUT2D eigenvalue weighted by Crippen LogP contribution is 2.21. The molecule has 0 radical (unpaired) electrons. The van der Waals surface area contributed by atoms with Gasteiger partial charge in [0.2, 0.25) is 5.91 Å². The van der Waals surface area contributed by atoms with Crippen LogP contribution in [0.3, 0.4) is 0 Å². The largest absolute Gasteiger partial charge is 0.344 e. The summed E-state index contributed by atoms with van der Waals surface area (Å²) >= 11 is 0. The van der Waals surface area contributed by atoms with Crippen molar-refractivity contribution >= 4 is 5.91 Å². The van der Waals surface area contributed by atoms with Gasteiger partial charge in [0.15, 0.2) is 0 Å². The fraction of sp³-hybridized carbons (Fsp3) is 0.217. The van der Waals surface area contributed by atoms with Crippen molar-refractivity contribution in [3.05, 3.63) is 98.7 Å². The average molecular weight is 386 g/mol. The zero-order valence-electron chi connectivity index (χ0n) is 16.4. The summed E-state index contributed by atoms with van der Waals surface area (Å²) in [6.07, 6.45) is 2.36. The number of nitriles is 1. The van der Waals surface area contributed by atoms with Gasteiger partial charge in [-0.1, -0.05) is 36.4 Å². The number of carbonyl (C=O) groups excluding carboxylic acids is 1. The van der Waals surface area contributed by atoms with Crippen LogP contribution in [-0.4, -0.2) is 15.9 Å². The molecule has 6 nitrogen and oxygen atoms in total. The van der Waals surface area contributed by atoms with Gasteiger partial charge in [-0.3, -0.25) is 14.6 Å². The number of aromatic nitrogens is 2. The van der Waals surface area contributed by atoms with Crippen LogP contribution in [0.1, 0.15) is 46.1 Å². The molecule has 1 amide bonds. The highest BCUT2D eigenvalue weighted by molar-refractivity contribution is 5.77. The van der Waals surface area contributed by atoms with Gasteiger partial charge in [-0.2, -0.15) is 5.26 Å². The number of aryl methyl sites for hydroxylation is 1. The second-order valence-corrected chi connectivity index (χ2v) is 6.84. The van der Waals surface area contributed by atoms with E-state index in [2.05, 4.69) is 15.3 Å². The molecule has 0 bridgehead atoms. The number of amides is 1. The monoisotopic (exact) mass is 386 g/mol. The molecular weight excluding hydrogens is 364 g/mol. The summed E-state index contributed by atoms with van der Waals surface area (Å²) in [5.41, 5.74) is 3.55. The molecule has 2 aromatic heterocycles. The molecule has 3 rings (SSSR count). The van der Waals surface area contributed by atoms with Crippen LogP contribution in [0.4, 0.5) is 0 Å². The molecular formula is C23H22N4O2. The Morgan fingerprint density at radius 1 is 1.17 bits per heavy atom. The Morgan fingerprint density at radius 2 is 1.90 bits per heavy atom. The summed E-state index contributed by atoms with van der Waals surface area (Å²) in [4.78, 5) is 31.7. The molecule has 0 aliphatic carbocycles. The lowest BCUT2D eigenvalue weighted by Crippen LogP contribution is -2.30. The molecule has 0 spiro atoms. The number of aromatic amines is 1. The second-order valence-electron chi connectivity index (χ2n) is 6.84. The van der Waals surface area contributed by atoms with E-state index in [4.69, 9.17) is 0 Å². The van der Waals surface area contributed by atoms with E-state index >= 15 is 0 Å². The first kappa shape index (κ1) is 20.0. The Kier molecular flexibility index (Phi) is 6.20. The van der Waals surface area contributed by atoms with Crippen LogP contribution >= 0.6 is 0 Å². The van der Waals surface area contributed by atoms with Gasteiger partial charge in [0.1, 0.15) is 11.6 Å². The Morgan fingerprint density at radius 3 is 2.55 bits per heavy atom. The third-order valence-electron chi connectivity index (χ3n) is 4.94. The summed E-state index contributed by atoms with van der Waals surface area (Å²) < 4.78 is 0. The number of nitrogens with zero attached hydrogens (tertiary/aromatic N) is 2. The molecule has 0 saturated carbocycles. The topological polar surface area (TPSA) is 98.6 Å². The van der Waals surface area contributed by atoms with E-state index in [9.17, 15) is 14.9 Å². The molecule has 6 heteroatoms. The molecule has 1 aromatic carbocycles. The summed E-state index contributed by atoms with van der Waals surface area (Å²) in [5, 5.41) is 12.3. The first-order valence-corrected chi connectivity index (χ1v) is 9.39. The van der Waals surface area contributed by atoms with Crippen LogP contribution in [0.25, 0.3) is 0 Å². The minimum Gasteiger partial charge on any atom is -0.344 e. The Balaban J connectivity index is 1.79. The fourth-order valence-electron chi connectivity index (χ4n) is 3.41. The van der Waals surface area contributed by atoms with Crippen LogP contribution in [0, 0.1) is 25.2 Å². The third-order valence-corrected chi connectivity index (χ3v) is 4.94. The summed E-state index contributed by atoms with van der Waals surface area (Å²) in [6.45, 7) is 3.53. The van der Waals surface area contributed by atoms with Gasteiger partial charge < -0.3 is 10.3 Å². The minimum absolute atomic E-state index is 0.0988. The van der Waals surface area contributed by atoms with Crippen molar-refractivity contribution in [2.75, 3.05) is 0 Å². The molecule has 0 fully saturated rings. The highest BCUT2D eigenvalue weighted by atomic mass is 16.1. The van der Waals surface area contributed by atoms with Crippen molar-refractivity contribution in [1.82, 2.24) is 15.3 Å².